The van der Waals surface area contributed by atoms with Gasteiger partial charge in [0.15, 0.2) is 12.3 Å². The average Bonchev–Trinajstić information content (AvgIpc) is 2.79. The van der Waals surface area contributed by atoms with Crippen LogP contribution < -0.4 is 26.6 Å². The predicted octanol–water partition coefficient (Wildman–Crippen LogP) is 1.88. The standard InChI is InChI=1S/C22H23ClN4O5/c1-31-12-11-26(18(28)14-32-17-9-7-16(23)8-10-17)19-20(24)27(22(30)25-21(19)29)13-15-5-3-2-4-6-15/h2-10H,11-14,24H2,1H3,(H,25,29,30). The topological polar surface area (TPSA) is 120 Å². The van der Waals surface area contributed by atoms with Crippen LogP contribution in [0.25, 0.3) is 0 Å². The number of ether oxygens (including phenoxy) is 2. The van der Waals surface area contributed by atoms with Gasteiger partial charge in [0.2, 0.25) is 0 Å². The Kier molecular flexibility index (Phi) is 7.69. The summed E-state index contributed by atoms with van der Waals surface area (Å²) in [5.74, 6) is -0.219. The van der Waals surface area contributed by atoms with Gasteiger partial charge in [0.05, 0.1) is 13.2 Å². The zero-order valence-corrected chi connectivity index (χ0v) is 18.2. The molecule has 1 heterocycles. The second-order valence-electron chi connectivity index (χ2n) is 6.85. The minimum atomic E-state index is -0.771. The lowest BCUT2D eigenvalue weighted by molar-refractivity contribution is -0.120. The molecule has 168 valence electrons. The highest BCUT2D eigenvalue weighted by molar-refractivity contribution is 6.30. The molecule has 9 nitrogen and oxygen atoms in total. The molecular formula is C22H23ClN4O5. The summed E-state index contributed by atoms with van der Waals surface area (Å²) in [6.07, 6.45) is 0. The summed E-state index contributed by atoms with van der Waals surface area (Å²) < 4.78 is 11.8. The molecule has 0 aliphatic rings. The maximum atomic E-state index is 13.0. The van der Waals surface area contributed by atoms with E-state index >= 15 is 0 Å². The number of aromatic nitrogens is 2. The van der Waals surface area contributed by atoms with Gasteiger partial charge in [-0.3, -0.25) is 24.0 Å². The number of carbonyl (C=O) groups excluding carboxylic acids is 1. The number of amides is 1. The Morgan fingerprint density at radius 3 is 2.47 bits per heavy atom. The molecule has 10 heteroatoms. The Balaban J connectivity index is 1.92. The molecule has 0 spiro atoms. The van der Waals surface area contributed by atoms with E-state index in [1.54, 1.807) is 24.3 Å². The van der Waals surface area contributed by atoms with E-state index in [4.69, 9.17) is 26.8 Å². The fourth-order valence-corrected chi connectivity index (χ4v) is 3.18. The lowest BCUT2D eigenvalue weighted by Crippen LogP contribution is -2.44. The Hall–Kier alpha value is -3.56. The number of methoxy groups -OCH3 is 1. The quantitative estimate of drug-likeness (QED) is 0.505. The minimum Gasteiger partial charge on any atom is -0.484 e. The largest absolute Gasteiger partial charge is 0.484 e. The highest BCUT2D eigenvalue weighted by Crippen LogP contribution is 2.19. The lowest BCUT2D eigenvalue weighted by atomic mass is 10.2. The van der Waals surface area contributed by atoms with E-state index in [0.29, 0.717) is 10.8 Å². The first kappa shape index (κ1) is 23.1. The Morgan fingerprint density at radius 1 is 1.12 bits per heavy atom. The molecule has 3 N–H and O–H groups in total. The van der Waals surface area contributed by atoms with Crippen molar-refractivity contribution >= 4 is 29.0 Å². The smallest absolute Gasteiger partial charge is 0.330 e. The molecule has 2 aromatic carbocycles. The second kappa shape index (κ2) is 10.7. The number of anilines is 2. The number of nitrogen functional groups attached to an aromatic ring is 1. The van der Waals surface area contributed by atoms with Crippen LogP contribution in [0, 0.1) is 0 Å². The summed E-state index contributed by atoms with van der Waals surface area (Å²) in [5.41, 5.74) is 5.45. The summed E-state index contributed by atoms with van der Waals surface area (Å²) >= 11 is 5.86. The van der Waals surface area contributed by atoms with E-state index in [1.807, 2.05) is 30.3 Å². The number of nitrogens with one attached hydrogen (secondary N) is 1. The van der Waals surface area contributed by atoms with Crippen molar-refractivity contribution in [3.63, 3.8) is 0 Å². The monoisotopic (exact) mass is 458 g/mol. The van der Waals surface area contributed by atoms with E-state index < -0.39 is 17.2 Å². The molecule has 1 amide bonds. The number of hydrogen-bond acceptors (Lipinski definition) is 6. The number of nitrogens with zero attached hydrogens (tertiary/aromatic N) is 2. The molecular weight excluding hydrogens is 436 g/mol. The van der Waals surface area contributed by atoms with E-state index in [1.165, 1.54) is 11.7 Å². The average molecular weight is 459 g/mol. The van der Waals surface area contributed by atoms with Crippen LogP contribution in [-0.4, -0.2) is 42.3 Å². The molecule has 3 rings (SSSR count). The van der Waals surface area contributed by atoms with E-state index in [0.717, 1.165) is 10.5 Å². The van der Waals surface area contributed by atoms with Gasteiger partial charge in [-0.1, -0.05) is 41.9 Å². The first-order chi connectivity index (χ1) is 15.4. The van der Waals surface area contributed by atoms with Gasteiger partial charge in [-0.15, -0.1) is 0 Å². The predicted molar refractivity (Wildman–Crippen MR) is 122 cm³/mol. The number of halogens is 1. The third-order valence-electron chi connectivity index (χ3n) is 4.66. The van der Waals surface area contributed by atoms with E-state index in [2.05, 4.69) is 4.98 Å². The summed E-state index contributed by atoms with van der Waals surface area (Å²) in [7, 11) is 1.47. The van der Waals surface area contributed by atoms with Crippen molar-refractivity contribution in [2.45, 2.75) is 6.54 Å². The Labute approximate surface area is 188 Å². The number of benzene rings is 2. The number of H-pyrrole nitrogens is 1. The fraction of sp³-hybridized carbons (Fsp3) is 0.227. The number of aromatic amines is 1. The third kappa shape index (κ3) is 5.57. The van der Waals surface area contributed by atoms with Crippen LogP contribution in [0.5, 0.6) is 5.75 Å². The van der Waals surface area contributed by atoms with E-state index in [9.17, 15) is 14.4 Å². The molecule has 3 aromatic rings. The molecule has 0 bridgehead atoms. The van der Waals surface area contributed by atoms with Gasteiger partial charge in [0.25, 0.3) is 11.5 Å². The molecule has 0 radical (unpaired) electrons. The van der Waals surface area contributed by atoms with Crippen LogP contribution in [0.1, 0.15) is 5.56 Å². The van der Waals surface area contributed by atoms with Crippen molar-refractivity contribution < 1.29 is 14.3 Å². The van der Waals surface area contributed by atoms with Crippen molar-refractivity contribution in [1.29, 1.82) is 0 Å². The first-order valence-corrected chi connectivity index (χ1v) is 10.1. The zero-order valence-electron chi connectivity index (χ0n) is 17.4. The molecule has 0 atom stereocenters. The number of rotatable bonds is 9. The number of hydrogen-bond donors (Lipinski definition) is 2. The second-order valence-corrected chi connectivity index (χ2v) is 7.28. The highest BCUT2D eigenvalue weighted by atomic mass is 35.5. The van der Waals surface area contributed by atoms with Gasteiger partial charge in [-0.25, -0.2) is 4.79 Å². The summed E-state index contributed by atoms with van der Waals surface area (Å²) in [6, 6.07) is 15.6. The van der Waals surface area contributed by atoms with Crippen LogP contribution >= 0.6 is 11.6 Å². The molecule has 1 aromatic heterocycles. The molecule has 0 fully saturated rings. The van der Waals surface area contributed by atoms with Crippen LogP contribution in [0.3, 0.4) is 0 Å². The van der Waals surface area contributed by atoms with Crippen molar-refractivity contribution in [1.82, 2.24) is 9.55 Å². The first-order valence-electron chi connectivity index (χ1n) is 9.75. The van der Waals surface area contributed by atoms with Gasteiger partial charge in [0, 0.05) is 18.7 Å². The van der Waals surface area contributed by atoms with Crippen molar-refractivity contribution in [3.05, 3.63) is 86.0 Å². The molecule has 0 saturated carbocycles. The summed E-state index contributed by atoms with van der Waals surface area (Å²) in [6.45, 7) is -0.0512. The van der Waals surface area contributed by atoms with Crippen molar-refractivity contribution in [2.24, 2.45) is 0 Å². The molecule has 32 heavy (non-hydrogen) atoms. The maximum Gasteiger partial charge on any atom is 0.330 e. The van der Waals surface area contributed by atoms with Crippen LogP contribution in [-0.2, 0) is 16.1 Å². The summed E-state index contributed by atoms with van der Waals surface area (Å²) in [5, 5.41) is 0.533. The normalized spacial score (nSPS) is 10.7. The summed E-state index contributed by atoms with van der Waals surface area (Å²) in [4.78, 5) is 41.4. The van der Waals surface area contributed by atoms with Gasteiger partial charge in [0.1, 0.15) is 11.6 Å². The number of carbonyl (C=O) groups is 1. The van der Waals surface area contributed by atoms with Crippen LogP contribution in [0.4, 0.5) is 11.5 Å². The zero-order chi connectivity index (χ0) is 23.1. The fourth-order valence-electron chi connectivity index (χ4n) is 3.06. The minimum absolute atomic E-state index is 0.0378. The third-order valence-corrected chi connectivity index (χ3v) is 4.92. The Bertz CT molecular complexity index is 1180. The van der Waals surface area contributed by atoms with Crippen LogP contribution in [0.2, 0.25) is 5.02 Å². The Morgan fingerprint density at radius 2 is 1.81 bits per heavy atom. The van der Waals surface area contributed by atoms with Crippen LogP contribution in [0.15, 0.2) is 64.2 Å². The van der Waals surface area contributed by atoms with Crippen molar-refractivity contribution in [3.8, 4) is 5.75 Å². The SMILES string of the molecule is COCCN(C(=O)COc1ccc(Cl)cc1)c1c(N)n(Cc2ccccc2)c(=O)[nH]c1=O. The molecule has 0 aliphatic carbocycles. The van der Waals surface area contributed by atoms with Crippen molar-refractivity contribution in [2.75, 3.05) is 37.5 Å². The van der Waals surface area contributed by atoms with Gasteiger partial charge in [-0.2, -0.15) is 0 Å². The van der Waals surface area contributed by atoms with E-state index in [-0.39, 0.29) is 37.8 Å². The number of nitrogens with two attached hydrogens (primary N) is 1. The highest BCUT2D eigenvalue weighted by Gasteiger charge is 2.24. The molecule has 0 unspecified atom stereocenters. The maximum absolute atomic E-state index is 13.0. The van der Waals surface area contributed by atoms with Gasteiger partial charge >= 0.3 is 5.69 Å². The molecule has 0 aliphatic heterocycles. The lowest BCUT2D eigenvalue weighted by Gasteiger charge is -2.24. The molecule has 0 saturated heterocycles. The van der Waals surface area contributed by atoms with Gasteiger partial charge in [-0.05, 0) is 29.8 Å². The van der Waals surface area contributed by atoms with Gasteiger partial charge < -0.3 is 15.2 Å².